The van der Waals surface area contributed by atoms with E-state index in [4.69, 9.17) is 0 Å². The maximum atomic E-state index is 3.75. The summed E-state index contributed by atoms with van der Waals surface area (Å²) in [5.74, 6) is 0. The van der Waals surface area contributed by atoms with E-state index in [0.29, 0.717) is 6.04 Å². The maximum absolute atomic E-state index is 3.75. The molecule has 0 radical (unpaired) electrons. The first-order chi connectivity index (χ1) is 6.35. The first-order valence-corrected chi connectivity index (χ1v) is 5.30. The van der Waals surface area contributed by atoms with Gasteiger partial charge < -0.3 is 5.32 Å². The normalized spacial score (nSPS) is 10.3. The van der Waals surface area contributed by atoms with Crippen LogP contribution in [0.15, 0.2) is 25.3 Å². The summed E-state index contributed by atoms with van der Waals surface area (Å²) in [5.41, 5.74) is 0. The van der Waals surface area contributed by atoms with Crippen LogP contribution >= 0.6 is 0 Å². The summed E-state index contributed by atoms with van der Waals surface area (Å²) in [6.07, 6.45) is 9.91. The SMILES string of the molecule is C=CCC(CC=C)NCCCCC. The summed E-state index contributed by atoms with van der Waals surface area (Å²) in [7, 11) is 0. The van der Waals surface area contributed by atoms with Crippen LogP contribution in [0.25, 0.3) is 0 Å². The molecule has 0 fully saturated rings. The lowest BCUT2D eigenvalue weighted by atomic mass is 10.1. The Kier molecular flexibility index (Phi) is 9.12. The quantitative estimate of drug-likeness (QED) is 0.425. The zero-order valence-corrected chi connectivity index (χ0v) is 8.89. The molecule has 0 unspecified atom stereocenters. The molecular weight excluding hydrogens is 158 g/mol. The van der Waals surface area contributed by atoms with Crippen LogP contribution in [-0.2, 0) is 0 Å². The third-order valence-electron chi connectivity index (χ3n) is 2.12. The van der Waals surface area contributed by atoms with Gasteiger partial charge in [0.15, 0.2) is 0 Å². The van der Waals surface area contributed by atoms with E-state index in [1.165, 1.54) is 19.3 Å². The minimum atomic E-state index is 0.548. The summed E-state index contributed by atoms with van der Waals surface area (Å²) >= 11 is 0. The molecule has 1 nitrogen and oxygen atoms in total. The molecule has 13 heavy (non-hydrogen) atoms. The molecule has 0 aromatic rings. The molecular formula is C12H23N. The van der Waals surface area contributed by atoms with Gasteiger partial charge in [-0.2, -0.15) is 0 Å². The molecule has 0 aromatic carbocycles. The fourth-order valence-corrected chi connectivity index (χ4v) is 1.35. The Labute approximate surface area is 82.9 Å². The molecule has 0 spiro atoms. The highest BCUT2D eigenvalue weighted by Crippen LogP contribution is 2.00. The Morgan fingerprint density at radius 1 is 1.15 bits per heavy atom. The van der Waals surface area contributed by atoms with E-state index in [9.17, 15) is 0 Å². The van der Waals surface area contributed by atoms with Crippen molar-refractivity contribution in [1.29, 1.82) is 0 Å². The van der Waals surface area contributed by atoms with E-state index in [0.717, 1.165) is 19.4 Å². The Bertz CT molecular complexity index is 119. The van der Waals surface area contributed by atoms with E-state index in [-0.39, 0.29) is 0 Å². The molecule has 1 N–H and O–H groups in total. The highest BCUT2D eigenvalue weighted by atomic mass is 14.9. The van der Waals surface area contributed by atoms with E-state index >= 15 is 0 Å². The standard InChI is InChI=1S/C12H23N/c1-4-7-8-11-13-12(9-5-2)10-6-3/h5-6,12-13H,2-4,7-11H2,1H3. The van der Waals surface area contributed by atoms with Crippen molar-refractivity contribution in [2.45, 2.75) is 45.1 Å². The van der Waals surface area contributed by atoms with Crippen molar-refractivity contribution < 1.29 is 0 Å². The first-order valence-electron chi connectivity index (χ1n) is 5.30. The number of unbranched alkanes of at least 4 members (excludes halogenated alkanes) is 2. The van der Waals surface area contributed by atoms with Gasteiger partial charge in [-0.1, -0.05) is 31.9 Å². The molecule has 0 atom stereocenters. The fourth-order valence-electron chi connectivity index (χ4n) is 1.35. The molecule has 0 aliphatic heterocycles. The molecule has 76 valence electrons. The van der Waals surface area contributed by atoms with Crippen LogP contribution in [0, 0.1) is 0 Å². The predicted octanol–water partition coefficient (Wildman–Crippen LogP) is 3.29. The monoisotopic (exact) mass is 181 g/mol. The topological polar surface area (TPSA) is 12.0 Å². The fraction of sp³-hybridized carbons (Fsp3) is 0.667. The van der Waals surface area contributed by atoms with E-state index < -0.39 is 0 Å². The van der Waals surface area contributed by atoms with E-state index in [1.54, 1.807) is 0 Å². The highest BCUT2D eigenvalue weighted by molar-refractivity contribution is 4.83. The molecule has 0 saturated heterocycles. The van der Waals surface area contributed by atoms with Crippen molar-refractivity contribution in [2.75, 3.05) is 6.54 Å². The van der Waals surface area contributed by atoms with Crippen molar-refractivity contribution in [3.63, 3.8) is 0 Å². The number of nitrogens with one attached hydrogen (secondary N) is 1. The van der Waals surface area contributed by atoms with Gasteiger partial charge in [-0.25, -0.2) is 0 Å². The molecule has 1 heteroatoms. The molecule has 0 aliphatic rings. The van der Waals surface area contributed by atoms with Crippen molar-refractivity contribution >= 4 is 0 Å². The molecule has 0 bridgehead atoms. The van der Waals surface area contributed by atoms with Crippen molar-refractivity contribution in [3.8, 4) is 0 Å². The summed E-state index contributed by atoms with van der Waals surface area (Å²) < 4.78 is 0. The smallest absolute Gasteiger partial charge is 0.0136 e. The van der Waals surface area contributed by atoms with Crippen LogP contribution < -0.4 is 5.32 Å². The summed E-state index contributed by atoms with van der Waals surface area (Å²) in [5, 5.41) is 3.51. The molecule has 0 aromatic heterocycles. The lowest BCUT2D eigenvalue weighted by Gasteiger charge is -2.14. The van der Waals surface area contributed by atoms with Crippen molar-refractivity contribution in [1.82, 2.24) is 5.32 Å². The number of hydrogen-bond acceptors (Lipinski definition) is 1. The highest BCUT2D eigenvalue weighted by Gasteiger charge is 2.01. The lowest BCUT2D eigenvalue weighted by molar-refractivity contribution is 0.503. The average molecular weight is 181 g/mol. The van der Waals surface area contributed by atoms with Crippen LogP contribution in [0.2, 0.25) is 0 Å². The second-order valence-corrected chi connectivity index (χ2v) is 3.41. The largest absolute Gasteiger partial charge is 0.313 e. The Morgan fingerprint density at radius 3 is 2.23 bits per heavy atom. The van der Waals surface area contributed by atoms with Crippen LogP contribution in [0.4, 0.5) is 0 Å². The summed E-state index contributed by atoms with van der Waals surface area (Å²) in [4.78, 5) is 0. The van der Waals surface area contributed by atoms with Gasteiger partial charge in [-0.15, -0.1) is 13.2 Å². The minimum absolute atomic E-state index is 0.548. The Balaban J connectivity index is 3.43. The van der Waals surface area contributed by atoms with Gasteiger partial charge >= 0.3 is 0 Å². The number of hydrogen-bond donors (Lipinski definition) is 1. The van der Waals surface area contributed by atoms with Gasteiger partial charge in [-0.05, 0) is 25.8 Å². The molecule has 0 heterocycles. The van der Waals surface area contributed by atoms with Crippen molar-refractivity contribution in [2.24, 2.45) is 0 Å². The molecule has 0 amide bonds. The van der Waals surface area contributed by atoms with Gasteiger partial charge in [0.25, 0.3) is 0 Å². The van der Waals surface area contributed by atoms with Gasteiger partial charge in [0.2, 0.25) is 0 Å². The molecule has 0 aliphatic carbocycles. The van der Waals surface area contributed by atoms with E-state index in [1.807, 2.05) is 12.2 Å². The van der Waals surface area contributed by atoms with Crippen LogP contribution in [0.3, 0.4) is 0 Å². The zero-order chi connectivity index (χ0) is 9.94. The van der Waals surface area contributed by atoms with Crippen LogP contribution in [0.1, 0.15) is 39.0 Å². The van der Waals surface area contributed by atoms with Gasteiger partial charge in [0, 0.05) is 6.04 Å². The minimum Gasteiger partial charge on any atom is -0.313 e. The zero-order valence-electron chi connectivity index (χ0n) is 8.89. The second kappa shape index (κ2) is 9.53. The molecule has 0 saturated carbocycles. The Hall–Kier alpha value is -0.560. The summed E-state index contributed by atoms with van der Waals surface area (Å²) in [6, 6.07) is 0.548. The lowest BCUT2D eigenvalue weighted by Crippen LogP contribution is -2.28. The van der Waals surface area contributed by atoms with Crippen LogP contribution in [0.5, 0.6) is 0 Å². The molecule has 0 rings (SSSR count). The van der Waals surface area contributed by atoms with E-state index in [2.05, 4.69) is 25.4 Å². The average Bonchev–Trinajstić information content (AvgIpc) is 2.13. The van der Waals surface area contributed by atoms with Gasteiger partial charge in [0.1, 0.15) is 0 Å². The van der Waals surface area contributed by atoms with Gasteiger partial charge in [-0.3, -0.25) is 0 Å². The Morgan fingerprint density at radius 2 is 1.77 bits per heavy atom. The summed E-state index contributed by atoms with van der Waals surface area (Å²) in [6.45, 7) is 10.9. The predicted molar refractivity (Wildman–Crippen MR) is 60.9 cm³/mol. The van der Waals surface area contributed by atoms with Gasteiger partial charge in [0.05, 0.1) is 0 Å². The maximum Gasteiger partial charge on any atom is 0.0136 e. The van der Waals surface area contributed by atoms with Crippen LogP contribution in [-0.4, -0.2) is 12.6 Å². The number of rotatable bonds is 9. The third-order valence-corrected chi connectivity index (χ3v) is 2.12. The van der Waals surface area contributed by atoms with Crippen molar-refractivity contribution in [3.05, 3.63) is 25.3 Å². The second-order valence-electron chi connectivity index (χ2n) is 3.41. The third kappa shape index (κ3) is 7.79. The first kappa shape index (κ1) is 12.4.